The number of aliphatic hydroxyl groups is 1. The van der Waals surface area contributed by atoms with Crippen molar-refractivity contribution in [3.8, 4) is 5.75 Å². The SMILES string of the molecule is CC(=O)N[C@@H]1[C@@H](Oc2ccc(C(C)(C)C)cc2)O[C@@H]2CO[C@H](c3ccccc3)O[C@@H]2[C@H]1O. The van der Waals surface area contributed by atoms with Crippen LogP contribution in [-0.4, -0.2) is 48.3 Å². The number of rotatable bonds is 4. The molecule has 0 aromatic heterocycles. The van der Waals surface area contributed by atoms with Crippen LogP contribution in [0.1, 0.15) is 45.1 Å². The van der Waals surface area contributed by atoms with Gasteiger partial charge in [0, 0.05) is 12.5 Å². The quantitative estimate of drug-likeness (QED) is 0.759. The second kappa shape index (κ2) is 9.19. The maximum absolute atomic E-state index is 11.9. The molecule has 7 nitrogen and oxygen atoms in total. The van der Waals surface area contributed by atoms with E-state index in [1.165, 1.54) is 12.5 Å². The van der Waals surface area contributed by atoms with Gasteiger partial charge in [-0.1, -0.05) is 63.2 Å². The van der Waals surface area contributed by atoms with Gasteiger partial charge in [0.2, 0.25) is 12.2 Å². The number of hydrogen-bond acceptors (Lipinski definition) is 6. The summed E-state index contributed by atoms with van der Waals surface area (Å²) < 4.78 is 24.1. The second-order valence-electron chi connectivity index (χ2n) is 9.33. The van der Waals surface area contributed by atoms with E-state index in [0.717, 1.165) is 5.56 Å². The lowest BCUT2D eigenvalue weighted by Crippen LogP contribution is -2.67. The van der Waals surface area contributed by atoms with Gasteiger partial charge in [0.25, 0.3) is 0 Å². The first kappa shape index (κ1) is 22.7. The minimum atomic E-state index is -1.04. The fourth-order valence-corrected chi connectivity index (χ4v) is 4.03. The van der Waals surface area contributed by atoms with E-state index >= 15 is 0 Å². The zero-order valence-electron chi connectivity index (χ0n) is 18.9. The Balaban J connectivity index is 1.51. The van der Waals surface area contributed by atoms with Crippen molar-refractivity contribution in [2.24, 2.45) is 0 Å². The predicted octanol–water partition coefficient (Wildman–Crippen LogP) is 3.07. The lowest BCUT2D eigenvalue weighted by Gasteiger charge is -2.47. The number of amides is 1. The molecule has 6 atom stereocenters. The molecule has 2 aromatic rings. The molecule has 0 aliphatic carbocycles. The summed E-state index contributed by atoms with van der Waals surface area (Å²) in [4.78, 5) is 11.9. The third-order valence-corrected chi connectivity index (χ3v) is 5.78. The summed E-state index contributed by atoms with van der Waals surface area (Å²) in [5, 5.41) is 13.9. The lowest BCUT2D eigenvalue weighted by molar-refractivity contribution is -0.333. The minimum Gasteiger partial charge on any atom is -0.463 e. The van der Waals surface area contributed by atoms with Crippen molar-refractivity contribution in [2.45, 2.75) is 70.0 Å². The summed E-state index contributed by atoms with van der Waals surface area (Å²) in [5.41, 5.74) is 2.05. The molecule has 1 amide bonds. The molecule has 32 heavy (non-hydrogen) atoms. The van der Waals surface area contributed by atoms with Crippen LogP contribution in [0.4, 0.5) is 0 Å². The average molecular weight is 442 g/mol. The summed E-state index contributed by atoms with van der Waals surface area (Å²) in [6.45, 7) is 8.05. The molecule has 2 aromatic carbocycles. The Morgan fingerprint density at radius 3 is 2.38 bits per heavy atom. The van der Waals surface area contributed by atoms with Gasteiger partial charge in [-0.2, -0.15) is 0 Å². The smallest absolute Gasteiger partial charge is 0.223 e. The van der Waals surface area contributed by atoms with Gasteiger partial charge in [-0.05, 0) is 23.1 Å². The first-order valence-electron chi connectivity index (χ1n) is 10.9. The number of nitrogens with one attached hydrogen (secondary N) is 1. The van der Waals surface area contributed by atoms with Crippen molar-refractivity contribution in [2.75, 3.05) is 6.61 Å². The van der Waals surface area contributed by atoms with Gasteiger partial charge >= 0.3 is 0 Å². The second-order valence-corrected chi connectivity index (χ2v) is 9.33. The third kappa shape index (κ3) is 4.96. The highest BCUT2D eigenvalue weighted by Gasteiger charge is 2.50. The van der Waals surface area contributed by atoms with E-state index in [4.69, 9.17) is 18.9 Å². The van der Waals surface area contributed by atoms with Gasteiger partial charge in [0.1, 0.15) is 30.1 Å². The molecule has 0 saturated carbocycles. The van der Waals surface area contributed by atoms with Crippen LogP contribution in [0.15, 0.2) is 54.6 Å². The van der Waals surface area contributed by atoms with Crippen LogP contribution in [0.25, 0.3) is 0 Å². The molecule has 0 bridgehead atoms. The Kier molecular flexibility index (Phi) is 6.53. The standard InChI is InChI=1S/C25H31NO6/c1-15(27)26-20-21(28)22-19(14-29-23(32-22)16-8-6-5-7-9-16)31-24(20)30-18-12-10-17(11-13-18)25(2,3)4/h5-13,19-24,28H,14H2,1-4H3,(H,26,27)/t19-,20+,21+,22+,23+,24+/m1/s1. The normalized spacial score (nSPS) is 30.3. The Bertz CT molecular complexity index is 910. The molecular weight excluding hydrogens is 410 g/mol. The van der Waals surface area contributed by atoms with Crippen molar-refractivity contribution in [1.29, 1.82) is 0 Å². The largest absolute Gasteiger partial charge is 0.463 e. The van der Waals surface area contributed by atoms with Crippen LogP contribution in [0, 0.1) is 0 Å². The van der Waals surface area contributed by atoms with Gasteiger partial charge in [0.05, 0.1) is 6.61 Å². The van der Waals surface area contributed by atoms with Crippen molar-refractivity contribution >= 4 is 5.91 Å². The molecule has 172 valence electrons. The van der Waals surface area contributed by atoms with E-state index in [1.807, 2.05) is 54.6 Å². The molecule has 2 aliphatic rings. The van der Waals surface area contributed by atoms with Crippen molar-refractivity contribution in [1.82, 2.24) is 5.32 Å². The van der Waals surface area contributed by atoms with Gasteiger partial charge < -0.3 is 29.4 Å². The number of hydrogen-bond donors (Lipinski definition) is 2. The Morgan fingerprint density at radius 2 is 1.75 bits per heavy atom. The molecule has 4 rings (SSSR count). The first-order chi connectivity index (χ1) is 15.2. The number of fused-ring (bicyclic) bond motifs is 1. The minimum absolute atomic E-state index is 0.0219. The Hall–Kier alpha value is -2.45. The fourth-order valence-electron chi connectivity index (χ4n) is 4.03. The first-order valence-corrected chi connectivity index (χ1v) is 10.9. The van der Waals surface area contributed by atoms with E-state index in [-0.39, 0.29) is 17.9 Å². The van der Waals surface area contributed by atoms with Gasteiger partial charge in [0.15, 0.2) is 6.29 Å². The molecule has 0 radical (unpaired) electrons. The average Bonchev–Trinajstić information content (AvgIpc) is 2.76. The number of benzene rings is 2. The molecule has 0 spiro atoms. The predicted molar refractivity (Wildman–Crippen MR) is 118 cm³/mol. The number of ether oxygens (including phenoxy) is 4. The van der Waals surface area contributed by atoms with Crippen molar-refractivity contribution in [3.63, 3.8) is 0 Å². The summed E-state index contributed by atoms with van der Waals surface area (Å²) in [5.74, 6) is 0.295. The van der Waals surface area contributed by atoms with Crippen LogP contribution >= 0.6 is 0 Å². The van der Waals surface area contributed by atoms with E-state index in [0.29, 0.717) is 5.75 Å². The zero-order valence-corrected chi connectivity index (χ0v) is 18.9. The monoisotopic (exact) mass is 441 g/mol. The topological polar surface area (TPSA) is 86.3 Å². The van der Waals surface area contributed by atoms with Gasteiger partial charge in [-0.25, -0.2) is 0 Å². The van der Waals surface area contributed by atoms with Gasteiger partial charge in [-0.15, -0.1) is 0 Å². The molecule has 0 unspecified atom stereocenters. The third-order valence-electron chi connectivity index (χ3n) is 5.78. The summed E-state index contributed by atoms with van der Waals surface area (Å²) in [6, 6.07) is 16.5. The molecule has 2 fully saturated rings. The Labute approximate surface area is 188 Å². The number of carbonyl (C=O) groups excluding carboxylic acids is 1. The molecule has 2 saturated heterocycles. The fraction of sp³-hybridized carbons (Fsp3) is 0.480. The maximum Gasteiger partial charge on any atom is 0.223 e. The van der Waals surface area contributed by atoms with E-state index in [9.17, 15) is 9.90 Å². The van der Waals surface area contributed by atoms with Crippen LogP contribution in [-0.2, 0) is 24.4 Å². The van der Waals surface area contributed by atoms with Crippen LogP contribution in [0.5, 0.6) is 5.75 Å². The highest BCUT2D eigenvalue weighted by atomic mass is 16.7. The number of aliphatic hydroxyl groups excluding tert-OH is 1. The molecule has 2 heterocycles. The summed E-state index contributed by atoms with van der Waals surface area (Å²) in [7, 11) is 0. The van der Waals surface area contributed by atoms with Crippen molar-refractivity contribution < 1.29 is 28.8 Å². The lowest BCUT2D eigenvalue weighted by atomic mass is 9.87. The zero-order chi connectivity index (χ0) is 22.9. The van der Waals surface area contributed by atoms with E-state index < -0.39 is 36.9 Å². The van der Waals surface area contributed by atoms with E-state index in [2.05, 4.69) is 26.1 Å². The molecular formula is C25H31NO6. The highest BCUT2D eigenvalue weighted by molar-refractivity contribution is 5.73. The highest BCUT2D eigenvalue weighted by Crippen LogP contribution is 2.35. The van der Waals surface area contributed by atoms with Crippen LogP contribution in [0.2, 0.25) is 0 Å². The Morgan fingerprint density at radius 1 is 1.06 bits per heavy atom. The number of carbonyl (C=O) groups is 1. The molecule has 2 N–H and O–H groups in total. The maximum atomic E-state index is 11.9. The van der Waals surface area contributed by atoms with Crippen molar-refractivity contribution in [3.05, 3.63) is 65.7 Å². The summed E-state index contributed by atoms with van der Waals surface area (Å²) in [6.07, 6.45) is -3.75. The van der Waals surface area contributed by atoms with Gasteiger partial charge in [-0.3, -0.25) is 4.79 Å². The van der Waals surface area contributed by atoms with E-state index in [1.54, 1.807) is 0 Å². The van der Waals surface area contributed by atoms with Crippen LogP contribution < -0.4 is 10.1 Å². The molecule has 2 aliphatic heterocycles. The summed E-state index contributed by atoms with van der Waals surface area (Å²) >= 11 is 0. The molecule has 7 heteroatoms. The van der Waals surface area contributed by atoms with Crippen LogP contribution in [0.3, 0.4) is 0 Å².